The van der Waals surface area contributed by atoms with Gasteiger partial charge in [0, 0.05) is 25.3 Å². The highest BCUT2D eigenvalue weighted by atomic mass is 16.2. The van der Waals surface area contributed by atoms with E-state index in [2.05, 4.69) is 51.0 Å². The molecule has 1 aromatic carbocycles. The van der Waals surface area contributed by atoms with Crippen LogP contribution in [0.15, 0.2) is 30.6 Å². The first-order valence-corrected chi connectivity index (χ1v) is 9.00. The zero-order valence-corrected chi connectivity index (χ0v) is 16.6. The number of hydrogen-bond donors (Lipinski definition) is 1. The lowest BCUT2D eigenvalue weighted by molar-refractivity contribution is -0.133. The third-order valence-electron chi connectivity index (χ3n) is 4.42. The van der Waals surface area contributed by atoms with Gasteiger partial charge in [-0.05, 0) is 40.6 Å². The number of benzene rings is 1. The van der Waals surface area contributed by atoms with Crippen LogP contribution in [-0.2, 0) is 17.9 Å². The number of nitrogens with one attached hydrogen (secondary N) is 1. The number of carbonyl (C=O) groups is 1. The molecular weight excluding hydrogens is 326 g/mol. The molecule has 0 spiro atoms. The first-order valence-electron chi connectivity index (χ1n) is 9.00. The van der Waals surface area contributed by atoms with Crippen molar-refractivity contribution in [2.75, 3.05) is 40.8 Å². The molecule has 0 radical (unpaired) electrons. The maximum Gasteiger partial charge on any atom is 0.237 e. The van der Waals surface area contributed by atoms with E-state index in [4.69, 9.17) is 0 Å². The Bertz CT molecular complexity index is 692. The van der Waals surface area contributed by atoms with Crippen LogP contribution in [0.1, 0.15) is 22.5 Å². The second-order valence-corrected chi connectivity index (χ2v) is 7.25. The Balaban J connectivity index is 1.97. The molecule has 26 heavy (non-hydrogen) atoms. The number of aromatic amines is 1. The Morgan fingerprint density at radius 1 is 1.04 bits per heavy atom. The van der Waals surface area contributed by atoms with Crippen molar-refractivity contribution in [3.63, 3.8) is 0 Å². The van der Waals surface area contributed by atoms with E-state index >= 15 is 0 Å². The van der Waals surface area contributed by atoms with Gasteiger partial charge >= 0.3 is 0 Å². The monoisotopic (exact) mass is 357 g/mol. The molecule has 142 valence electrons. The Morgan fingerprint density at radius 2 is 1.73 bits per heavy atom. The van der Waals surface area contributed by atoms with Crippen molar-refractivity contribution in [1.82, 2.24) is 24.7 Å². The number of amides is 1. The van der Waals surface area contributed by atoms with Gasteiger partial charge in [-0.3, -0.25) is 9.69 Å². The molecule has 1 heterocycles. The van der Waals surface area contributed by atoms with Crippen LogP contribution in [0.25, 0.3) is 0 Å². The lowest BCUT2D eigenvalue weighted by Crippen LogP contribution is -2.41. The summed E-state index contributed by atoms with van der Waals surface area (Å²) in [6.07, 6.45) is 1.68. The maximum atomic E-state index is 12.9. The van der Waals surface area contributed by atoms with Gasteiger partial charge in [-0.15, -0.1) is 0 Å². The number of rotatable bonds is 9. The highest BCUT2D eigenvalue weighted by Gasteiger charge is 2.18. The van der Waals surface area contributed by atoms with Crippen LogP contribution >= 0.6 is 0 Å². The molecule has 2 rings (SSSR count). The van der Waals surface area contributed by atoms with Gasteiger partial charge in [0.1, 0.15) is 0 Å². The van der Waals surface area contributed by atoms with Crippen LogP contribution in [0.4, 0.5) is 0 Å². The predicted octanol–water partition coefficient (Wildman–Crippen LogP) is 2.05. The number of aromatic nitrogens is 2. The SMILES string of the molecule is Cc1ccc(CN(C)CC(=O)N(CCN(C)C)Cc2nc[nH]c2C)cc1. The van der Waals surface area contributed by atoms with Crippen molar-refractivity contribution >= 4 is 5.91 Å². The van der Waals surface area contributed by atoms with Crippen molar-refractivity contribution in [1.29, 1.82) is 0 Å². The van der Waals surface area contributed by atoms with Crippen LogP contribution in [0.2, 0.25) is 0 Å². The van der Waals surface area contributed by atoms with E-state index in [1.807, 2.05) is 33.0 Å². The second kappa shape index (κ2) is 9.50. The van der Waals surface area contributed by atoms with Crippen molar-refractivity contribution < 1.29 is 4.79 Å². The topological polar surface area (TPSA) is 55.5 Å². The number of nitrogens with zero attached hydrogens (tertiary/aromatic N) is 4. The van der Waals surface area contributed by atoms with Crippen LogP contribution in [0, 0.1) is 13.8 Å². The van der Waals surface area contributed by atoms with Crippen LogP contribution in [0.5, 0.6) is 0 Å². The summed E-state index contributed by atoms with van der Waals surface area (Å²) in [5, 5.41) is 0. The van der Waals surface area contributed by atoms with Crippen molar-refractivity contribution in [2.24, 2.45) is 0 Å². The van der Waals surface area contributed by atoms with Gasteiger partial charge in [0.15, 0.2) is 0 Å². The average molecular weight is 358 g/mol. The van der Waals surface area contributed by atoms with Gasteiger partial charge in [-0.1, -0.05) is 29.8 Å². The fourth-order valence-electron chi connectivity index (χ4n) is 2.73. The number of likely N-dealkylation sites (N-methyl/N-ethyl adjacent to an activating group) is 2. The summed E-state index contributed by atoms with van der Waals surface area (Å²) in [6.45, 7) is 7.28. The molecular formula is C20H31N5O. The van der Waals surface area contributed by atoms with Gasteiger partial charge in [0.25, 0.3) is 0 Å². The number of H-pyrrole nitrogens is 1. The van der Waals surface area contributed by atoms with Gasteiger partial charge in [-0.2, -0.15) is 0 Å². The number of carbonyl (C=O) groups excluding carboxylic acids is 1. The molecule has 0 bridgehead atoms. The Kier molecular flexibility index (Phi) is 7.36. The average Bonchev–Trinajstić information content (AvgIpc) is 2.98. The van der Waals surface area contributed by atoms with E-state index in [0.717, 1.165) is 24.5 Å². The summed E-state index contributed by atoms with van der Waals surface area (Å²) < 4.78 is 0. The highest BCUT2D eigenvalue weighted by Crippen LogP contribution is 2.09. The molecule has 1 aromatic heterocycles. The Labute approximate surface area is 156 Å². The minimum Gasteiger partial charge on any atom is -0.348 e. The van der Waals surface area contributed by atoms with Crippen LogP contribution < -0.4 is 0 Å². The quantitative estimate of drug-likeness (QED) is 0.746. The van der Waals surface area contributed by atoms with E-state index in [-0.39, 0.29) is 5.91 Å². The number of imidazole rings is 1. The van der Waals surface area contributed by atoms with E-state index in [1.165, 1.54) is 11.1 Å². The summed E-state index contributed by atoms with van der Waals surface area (Å²) in [5.74, 6) is 0.129. The van der Waals surface area contributed by atoms with Crippen molar-refractivity contribution in [2.45, 2.75) is 26.9 Å². The van der Waals surface area contributed by atoms with E-state index in [0.29, 0.717) is 19.6 Å². The van der Waals surface area contributed by atoms with E-state index in [1.54, 1.807) is 6.33 Å². The summed E-state index contributed by atoms with van der Waals surface area (Å²) in [5.41, 5.74) is 4.41. The summed E-state index contributed by atoms with van der Waals surface area (Å²) in [6, 6.07) is 8.45. The molecule has 1 N–H and O–H groups in total. The summed E-state index contributed by atoms with van der Waals surface area (Å²) in [4.78, 5) is 26.4. The highest BCUT2D eigenvalue weighted by molar-refractivity contribution is 5.78. The molecule has 6 nitrogen and oxygen atoms in total. The maximum absolute atomic E-state index is 12.9. The van der Waals surface area contributed by atoms with Gasteiger partial charge in [-0.25, -0.2) is 4.98 Å². The van der Waals surface area contributed by atoms with Crippen molar-refractivity contribution in [3.8, 4) is 0 Å². The second-order valence-electron chi connectivity index (χ2n) is 7.25. The third kappa shape index (κ3) is 6.28. The molecule has 0 aliphatic rings. The minimum atomic E-state index is 0.129. The normalized spacial score (nSPS) is 11.3. The number of hydrogen-bond acceptors (Lipinski definition) is 4. The fraction of sp³-hybridized carbons (Fsp3) is 0.500. The van der Waals surface area contributed by atoms with Crippen LogP contribution in [-0.4, -0.2) is 71.4 Å². The molecule has 0 saturated heterocycles. The molecule has 2 aromatic rings. The smallest absolute Gasteiger partial charge is 0.237 e. The number of aryl methyl sites for hydroxylation is 2. The van der Waals surface area contributed by atoms with Gasteiger partial charge in [0.05, 0.1) is 25.1 Å². The lowest BCUT2D eigenvalue weighted by Gasteiger charge is -2.26. The first-order chi connectivity index (χ1) is 12.3. The van der Waals surface area contributed by atoms with Gasteiger partial charge < -0.3 is 14.8 Å². The molecule has 6 heteroatoms. The molecule has 0 aliphatic heterocycles. The Morgan fingerprint density at radius 3 is 2.31 bits per heavy atom. The zero-order valence-electron chi connectivity index (χ0n) is 16.6. The fourth-order valence-corrected chi connectivity index (χ4v) is 2.73. The van der Waals surface area contributed by atoms with Crippen molar-refractivity contribution in [3.05, 3.63) is 53.1 Å². The molecule has 0 atom stereocenters. The predicted molar refractivity (Wildman–Crippen MR) is 105 cm³/mol. The third-order valence-corrected chi connectivity index (χ3v) is 4.42. The Hall–Kier alpha value is -2.18. The van der Waals surface area contributed by atoms with Gasteiger partial charge in [0.2, 0.25) is 5.91 Å². The standard InChI is InChI=1S/C20H31N5O/c1-16-6-8-18(9-7-16)12-24(5)14-20(26)25(11-10-23(3)4)13-19-17(2)21-15-22-19/h6-9,15H,10-14H2,1-5H3,(H,21,22). The minimum absolute atomic E-state index is 0.129. The van der Waals surface area contributed by atoms with E-state index in [9.17, 15) is 4.79 Å². The first kappa shape index (κ1) is 20.1. The van der Waals surface area contributed by atoms with Crippen LogP contribution in [0.3, 0.4) is 0 Å². The molecule has 0 aliphatic carbocycles. The molecule has 0 unspecified atom stereocenters. The molecule has 0 saturated carbocycles. The summed E-state index contributed by atoms with van der Waals surface area (Å²) in [7, 11) is 6.03. The molecule has 0 fully saturated rings. The van der Waals surface area contributed by atoms with E-state index < -0.39 is 0 Å². The molecule has 1 amide bonds. The summed E-state index contributed by atoms with van der Waals surface area (Å²) >= 11 is 0. The lowest BCUT2D eigenvalue weighted by atomic mass is 10.1. The largest absolute Gasteiger partial charge is 0.348 e. The zero-order chi connectivity index (χ0) is 19.1.